The van der Waals surface area contributed by atoms with Crippen LogP contribution in [0.3, 0.4) is 0 Å². The fourth-order valence-corrected chi connectivity index (χ4v) is 4.54. The van der Waals surface area contributed by atoms with E-state index in [1.807, 2.05) is 56.8 Å². The number of rotatable bonds is 5. The molecule has 1 aliphatic rings. The van der Waals surface area contributed by atoms with E-state index in [-0.39, 0.29) is 24.9 Å². The van der Waals surface area contributed by atoms with Gasteiger partial charge < -0.3 is 15.5 Å². The van der Waals surface area contributed by atoms with Gasteiger partial charge in [-0.3, -0.25) is 9.59 Å². The Kier molecular flexibility index (Phi) is 6.62. The van der Waals surface area contributed by atoms with Crippen LogP contribution in [0.5, 0.6) is 0 Å². The molecule has 0 unspecified atom stereocenters. The Hall–Kier alpha value is -2.47. The summed E-state index contributed by atoms with van der Waals surface area (Å²) in [6, 6.07) is 12.2. The summed E-state index contributed by atoms with van der Waals surface area (Å²) in [5, 5.41) is 5.67. The van der Waals surface area contributed by atoms with E-state index in [4.69, 9.17) is 0 Å². The molecule has 0 atom stereocenters. The van der Waals surface area contributed by atoms with E-state index < -0.39 is 0 Å². The lowest BCUT2D eigenvalue weighted by Gasteiger charge is -2.23. The van der Waals surface area contributed by atoms with Crippen molar-refractivity contribution < 1.29 is 9.59 Å². The Balaban J connectivity index is 1.55. The van der Waals surface area contributed by atoms with Crippen molar-refractivity contribution in [1.29, 1.82) is 0 Å². The van der Waals surface area contributed by atoms with Crippen LogP contribution in [-0.4, -0.2) is 37.2 Å². The average Bonchev–Trinajstić information content (AvgIpc) is 2.85. The first-order valence-corrected chi connectivity index (χ1v) is 10.5. The molecule has 6 heteroatoms. The number of hydrogen-bond donors (Lipinski definition) is 2. The molecule has 0 aliphatic carbocycles. The predicted molar refractivity (Wildman–Crippen MR) is 116 cm³/mol. The number of para-hydroxylation sites is 1. The molecule has 2 aromatic carbocycles. The van der Waals surface area contributed by atoms with Gasteiger partial charge in [0, 0.05) is 17.1 Å². The number of fused-ring (bicyclic) bond motifs is 1. The minimum atomic E-state index is -0.213. The molecule has 28 heavy (non-hydrogen) atoms. The van der Waals surface area contributed by atoms with E-state index in [1.54, 1.807) is 0 Å². The number of aryl methyl sites for hydroxylation is 3. The minimum absolute atomic E-state index is 0.0319. The number of thioether (sulfide) groups is 1. The number of benzene rings is 2. The summed E-state index contributed by atoms with van der Waals surface area (Å²) in [6.07, 6.45) is 1.03. The maximum absolute atomic E-state index is 12.4. The van der Waals surface area contributed by atoms with Crippen LogP contribution in [0.1, 0.15) is 23.1 Å². The van der Waals surface area contributed by atoms with Gasteiger partial charge in [-0.15, -0.1) is 11.8 Å². The molecule has 0 radical (unpaired) electrons. The second-order valence-corrected chi connectivity index (χ2v) is 8.33. The minimum Gasteiger partial charge on any atom is -0.361 e. The molecule has 2 aromatic rings. The van der Waals surface area contributed by atoms with Crippen LogP contribution >= 0.6 is 11.8 Å². The molecule has 0 aromatic heterocycles. The van der Waals surface area contributed by atoms with Crippen LogP contribution in [0.25, 0.3) is 0 Å². The molecule has 3 rings (SSSR count). The van der Waals surface area contributed by atoms with Gasteiger partial charge in [0.25, 0.3) is 0 Å². The Bertz CT molecular complexity index is 859. The molecule has 0 saturated heterocycles. The van der Waals surface area contributed by atoms with E-state index in [9.17, 15) is 9.59 Å². The zero-order valence-electron chi connectivity index (χ0n) is 16.7. The van der Waals surface area contributed by atoms with E-state index >= 15 is 0 Å². The molecule has 2 amide bonds. The molecule has 5 nitrogen and oxygen atoms in total. The normalized spacial score (nSPS) is 13.5. The van der Waals surface area contributed by atoms with Crippen LogP contribution in [-0.2, 0) is 9.59 Å². The fourth-order valence-electron chi connectivity index (χ4n) is 3.53. The maximum atomic E-state index is 12.4. The Labute approximate surface area is 170 Å². The lowest BCUT2D eigenvalue weighted by atomic mass is 10.1. The summed E-state index contributed by atoms with van der Waals surface area (Å²) >= 11 is 1.83. The third-order valence-electron chi connectivity index (χ3n) is 4.76. The molecule has 2 N–H and O–H groups in total. The summed E-state index contributed by atoms with van der Waals surface area (Å²) in [5.41, 5.74) is 5.13. The summed E-state index contributed by atoms with van der Waals surface area (Å²) < 4.78 is 0. The van der Waals surface area contributed by atoms with Gasteiger partial charge in [0.2, 0.25) is 11.8 Å². The van der Waals surface area contributed by atoms with Gasteiger partial charge >= 0.3 is 0 Å². The molecule has 148 valence electrons. The third kappa shape index (κ3) is 5.07. The highest BCUT2D eigenvalue weighted by Crippen LogP contribution is 2.33. The SMILES string of the molecule is Cc1cc(C)c(NC(=O)CNC(=O)CN2CCCSc3ccccc32)c(C)c1. The zero-order chi connectivity index (χ0) is 20.1. The Morgan fingerprint density at radius 2 is 1.79 bits per heavy atom. The van der Waals surface area contributed by atoms with Gasteiger partial charge in [-0.2, -0.15) is 0 Å². The number of carbonyl (C=O) groups excluding carboxylic acids is 2. The monoisotopic (exact) mass is 397 g/mol. The Morgan fingerprint density at radius 3 is 2.54 bits per heavy atom. The van der Waals surface area contributed by atoms with Crippen molar-refractivity contribution >= 4 is 35.0 Å². The quantitative estimate of drug-likeness (QED) is 0.808. The molecular formula is C22H27N3O2S. The van der Waals surface area contributed by atoms with Gasteiger partial charge in [-0.25, -0.2) is 0 Å². The van der Waals surface area contributed by atoms with Crippen LogP contribution in [0, 0.1) is 20.8 Å². The summed E-state index contributed by atoms with van der Waals surface area (Å²) in [7, 11) is 0. The highest BCUT2D eigenvalue weighted by atomic mass is 32.2. The number of hydrogen-bond acceptors (Lipinski definition) is 4. The highest BCUT2D eigenvalue weighted by molar-refractivity contribution is 7.99. The van der Waals surface area contributed by atoms with Crippen molar-refractivity contribution in [3.8, 4) is 0 Å². The molecule has 1 aliphatic heterocycles. The van der Waals surface area contributed by atoms with Crippen molar-refractivity contribution in [2.75, 3.05) is 35.6 Å². The van der Waals surface area contributed by atoms with Gasteiger partial charge in [-0.1, -0.05) is 29.8 Å². The second-order valence-electron chi connectivity index (χ2n) is 7.19. The van der Waals surface area contributed by atoms with Crippen molar-refractivity contribution in [2.45, 2.75) is 32.1 Å². The first kappa shape index (κ1) is 20.3. The van der Waals surface area contributed by atoms with Crippen molar-refractivity contribution in [2.24, 2.45) is 0 Å². The zero-order valence-corrected chi connectivity index (χ0v) is 17.5. The largest absolute Gasteiger partial charge is 0.361 e. The lowest BCUT2D eigenvalue weighted by molar-refractivity contribution is -0.123. The number of carbonyl (C=O) groups is 2. The smallest absolute Gasteiger partial charge is 0.243 e. The highest BCUT2D eigenvalue weighted by Gasteiger charge is 2.18. The number of anilines is 2. The topological polar surface area (TPSA) is 61.4 Å². The van der Waals surface area contributed by atoms with E-state index in [0.717, 1.165) is 46.8 Å². The van der Waals surface area contributed by atoms with Crippen LogP contribution in [0.15, 0.2) is 41.3 Å². The fraction of sp³-hybridized carbons (Fsp3) is 0.364. The summed E-state index contributed by atoms with van der Waals surface area (Å²) in [4.78, 5) is 28.0. The molecule has 0 bridgehead atoms. The number of nitrogens with zero attached hydrogens (tertiary/aromatic N) is 1. The molecule has 0 fully saturated rings. The standard InChI is InChI=1S/C22H27N3O2S/c1-15-11-16(2)22(17(3)12-15)24-20(26)13-23-21(27)14-25-9-6-10-28-19-8-5-4-7-18(19)25/h4-5,7-8,11-12H,6,9-10,13-14H2,1-3H3,(H,23,27)(H,24,26). The molecule has 0 spiro atoms. The maximum Gasteiger partial charge on any atom is 0.243 e. The number of amides is 2. The lowest BCUT2D eigenvalue weighted by Crippen LogP contribution is -2.41. The average molecular weight is 398 g/mol. The first-order chi connectivity index (χ1) is 13.4. The van der Waals surface area contributed by atoms with Gasteiger partial charge in [0.15, 0.2) is 0 Å². The van der Waals surface area contributed by atoms with E-state index in [2.05, 4.69) is 27.7 Å². The van der Waals surface area contributed by atoms with Crippen LogP contribution in [0.4, 0.5) is 11.4 Å². The van der Waals surface area contributed by atoms with Crippen LogP contribution < -0.4 is 15.5 Å². The van der Waals surface area contributed by atoms with Gasteiger partial charge in [0.1, 0.15) is 0 Å². The number of nitrogens with one attached hydrogen (secondary N) is 2. The van der Waals surface area contributed by atoms with Gasteiger partial charge in [-0.05, 0) is 56.2 Å². The van der Waals surface area contributed by atoms with Crippen molar-refractivity contribution in [3.05, 3.63) is 53.1 Å². The molecule has 1 heterocycles. The summed E-state index contributed by atoms with van der Waals surface area (Å²) in [6.45, 7) is 7.05. The Morgan fingerprint density at radius 1 is 1.07 bits per heavy atom. The molecular weight excluding hydrogens is 370 g/mol. The van der Waals surface area contributed by atoms with Crippen molar-refractivity contribution in [1.82, 2.24) is 5.32 Å². The van der Waals surface area contributed by atoms with Gasteiger partial charge in [0.05, 0.1) is 18.8 Å². The van der Waals surface area contributed by atoms with E-state index in [1.165, 1.54) is 4.90 Å². The first-order valence-electron chi connectivity index (χ1n) is 9.55. The van der Waals surface area contributed by atoms with Crippen LogP contribution in [0.2, 0.25) is 0 Å². The predicted octanol–water partition coefficient (Wildman–Crippen LogP) is 3.67. The van der Waals surface area contributed by atoms with Crippen molar-refractivity contribution in [3.63, 3.8) is 0 Å². The second kappa shape index (κ2) is 9.15. The van der Waals surface area contributed by atoms with E-state index in [0.29, 0.717) is 0 Å². The third-order valence-corrected chi connectivity index (χ3v) is 5.91. The summed E-state index contributed by atoms with van der Waals surface area (Å²) in [5.74, 6) is 0.691. The molecule has 0 saturated carbocycles.